The van der Waals surface area contributed by atoms with Crippen LogP contribution in [0, 0.1) is 12.5 Å². The third-order valence-electron chi connectivity index (χ3n) is 5.24. The fourth-order valence-electron chi connectivity index (χ4n) is 3.62. The molecule has 1 aliphatic carbocycles. The molecule has 0 nitrogen and oxygen atoms in total. The molecule has 0 saturated carbocycles. The Balaban J connectivity index is 0.000000230. The van der Waals surface area contributed by atoms with Gasteiger partial charge in [-0.2, -0.15) is 60.0 Å². The topological polar surface area (TPSA) is 0 Å². The molecule has 0 N–H and O–H groups in total. The van der Waals surface area contributed by atoms with Crippen molar-refractivity contribution in [2.75, 3.05) is 0 Å². The summed E-state index contributed by atoms with van der Waals surface area (Å²) in [7, 11) is 0. The molecule has 0 radical (unpaired) electrons. The van der Waals surface area contributed by atoms with Gasteiger partial charge >= 0.3 is 26.2 Å². The molecular formula is C32H26Zr. The maximum Gasteiger partial charge on any atom is 4.00 e. The van der Waals surface area contributed by atoms with Crippen molar-refractivity contribution in [2.24, 2.45) is 0 Å². The van der Waals surface area contributed by atoms with Gasteiger partial charge in [0.25, 0.3) is 0 Å². The Labute approximate surface area is 217 Å². The molecule has 1 aliphatic rings. The Bertz CT molecular complexity index is 1110. The molecule has 0 saturated heterocycles. The first-order chi connectivity index (χ1) is 15.9. The van der Waals surface area contributed by atoms with E-state index in [0.29, 0.717) is 5.92 Å². The van der Waals surface area contributed by atoms with Crippen LogP contribution in [0.1, 0.15) is 28.2 Å². The molecule has 0 spiro atoms. The van der Waals surface area contributed by atoms with Gasteiger partial charge < -0.3 is 0 Å². The quantitative estimate of drug-likeness (QED) is 0.173. The van der Waals surface area contributed by atoms with E-state index < -0.39 is 0 Å². The largest absolute Gasteiger partial charge is 4.00 e. The summed E-state index contributed by atoms with van der Waals surface area (Å²) < 4.78 is 0. The minimum absolute atomic E-state index is 0. The maximum atomic E-state index is 3.62. The van der Waals surface area contributed by atoms with Gasteiger partial charge in [0.05, 0.1) is 0 Å². The van der Waals surface area contributed by atoms with Crippen molar-refractivity contribution in [1.29, 1.82) is 0 Å². The number of rotatable bonds is 3. The van der Waals surface area contributed by atoms with Crippen molar-refractivity contribution in [3.8, 4) is 0 Å². The van der Waals surface area contributed by atoms with E-state index in [1.807, 2.05) is 66.7 Å². The Morgan fingerprint density at radius 3 is 1.61 bits per heavy atom. The number of fused-ring (bicyclic) bond motifs is 1. The van der Waals surface area contributed by atoms with Gasteiger partial charge in [-0.3, -0.25) is 0 Å². The predicted octanol–water partition coefficient (Wildman–Crippen LogP) is 8.08. The second-order valence-corrected chi connectivity index (χ2v) is 7.47. The van der Waals surface area contributed by atoms with E-state index in [1.165, 1.54) is 22.3 Å². The minimum atomic E-state index is 0. The third-order valence-corrected chi connectivity index (χ3v) is 5.24. The van der Waals surface area contributed by atoms with Crippen LogP contribution >= 0.6 is 0 Å². The van der Waals surface area contributed by atoms with E-state index >= 15 is 0 Å². The molecule has 1 unspecified atom stereocenters. The Hall–Kier alpha value is -3.15. The normalized spacial score (nSPS) is 13.3. The molecule has 5 aromatic carbocycles. The number of hydrogen-bond acceptors (Lipinski definition) is 0. The van der Waals surface area contributed by atoms with E-state index in [9.17, 15) is 0 Å². The first-order valence-electron chi connectivity index (χ1n) is 10.9. The van der Waals surface area contributed by atoms with Crippen molar-refractivity contribution in [3.63, 3.8) is 0 Å². The van der Waals surface area contributed by atoms with Crippen molar-refractivity contribution >= 4 is 5.57 Å². The van der Waals surface area contributed by atoms with Crippen LogP contribution in [0.5, 0.6) is 0 Å². The SMILES string of the molecule is [C-](=C(c1ccccc1)C1[CH-]c2ccccc21)c1ccccc1.[Zr+4].c1cc[cH-]c1.c1cc[cH-]c1. The average molecular weight is 502 g/mol. The van der Waals surface area contributed by atoms with Gasteiger partial charge in [0.15, 0.2) is 0 Å². The van der Waals surface area contributed by atoms with Crippen LogP contribution in [-0.2, 0) is 26.2 Å². The molecular weight excluding hydrogens is 476 g/mol. The summed E-state index contributed by atoms with van der Waals surface area (Å²) in [6.45, 7) is 0. The second-order valence-electron chi connectivity index (χ2n) is 7.47. The van der Waals surface area contributed by atoms with Crippen molar-refractivity contribution < 1.29 is 26.2 Å². The van der Waals surface area contributed by atoms with Crippen LogP contribution < -0.4 is 0 Å². The fraction of sp³-hybridized carbons (Fsp3) is 0.0312. The van der Waals surface area contributed by atoms with Gasteiger partial charge in [-0.1, -0.05) is 53.9 Å². The standard InChI is InChI=1S/C22H16.2C5H5.Zr/c1-3-9-17(10-4-1)15-21(18-11-5-2-6-12-18)22-16-19-13-7-8-14-20(19)22;2*1-2-4-5-3-1;/h1-14,16,22H;2*1-5H;/q-2;2*-1;+4. The van der Waals surface area contributed by atoms with Crippen LogP contribution in [0.3, 0.4) is 0 Å². The minimum Gasteiger partial charge on any atom is -0.214 e. The summed E-state index contributed by atoms with van der Waals surface area (Å²) >= 11 is 0. The first-order valence-corrected chi connectivity index (χ1v) is 10.9. The molecule has 5 aromatic rings. The van der Waals surface area contributed by atoms with Gasteiger partial charge in [0.1, 0.15) is 0 Å². The molecule has 1 atom stereocenters. The van der Waals surface area contributed by atoms with Crippen molar-refractivity contribution in [3.05, 3.63) is 180 Å². The van der Waals surface area contributed by atoms with E-state index in [2.05, 4.69) is 91.4 Å². The smallest absolute Gasteiger partial charge is 0.214 e. The molecule has 0 bridgehead atoms. The molecule has 33 heavy (non-hydrogen) atoms. The summed E-state index contributed by atoms with van der Waals surface area (Å²) in [5.74, 6) is 0.332. The van der Waals surface area contributed by atoms with Crippen molar-refractivity contribution in [1.82, 2.24) is 0 Å². The van der Waals surface area contributed by atoms with Gasteiger partial charge in [-0.25, -0.2) is 24.3 Å². The third kappa shape index (κ3) is 7.17. The van der Waals surface area contributed by atoms with Crippen LogP contribution in [0.2, 0.25) is 0 Å². The zero-order valence-corrected chi connectivity index (χ0v) is 21.0. The summed E-state index contributed by atoms with van der Waals surface area (Å²) in [5.41, 5.74) is 6.34. The monoisotopic (exact) mass is 500 g/mol. The average Bonchev–Trinajstić information content (AvgIpc) is 3.60. The Morgan fingerprint density at radius 1 is 0.576 bits per heavy atom. The number of hydrogen-bond donors (Lipinski definition) is 0. The fourth-order valence-corrected chi connectivity index (χ4v) is 3.62. The van der Waals surface area contributed by atoms with Crippen LogP contribution in [-0.4, -0.2) is 0 Å². The number of benzene rings is 3. The zero-order valence-electron chi connectivity index (χ0n) is 18.5. The zero-order chi connectivity index (χ0) is 21.8. The molecule has 0 aromatic heterocycles. The molecule has 6 rings (SSSR count). The molecule has 158 valence electrons. The summed E-state index contributed by atoms with van der Waals surface area (Å²) in [5, 5.41) is 0. The van der Waals surface area contributed by atoms with Crippen LogP contribution in [0.4, 0.5) is 0 Å². The molecule has 0 aliphatic heterocycles. The van der Waals surface area contributed by atoms with Gasteiger partial charge in [-0.15, -0.1) is 53.6 Å². The maximum absolute atomic E-state index is 3.62. The first kappa shape index (κ1) is 24.5. The van der Waals surface area contributed by atoms with E-state index in [0.717, 1.165) is 5.56 Å². The van der Waals surface area contributed by atoms with Gasteiger partial charge in [0, 0.05) is 0 Å². The molecule has 0 heterocycles. The van der Waals surface area contributed by atoms with Gasteiger partial charge in [-0.05, 0) is 0 Å². The Kier molecular flexibility index (Phi) is 9.96. The van der Waals surface area contributed by atoms with E-state index in [1.54, 1.807) is 0 Å². The van der Waals surface area contributed by atoms with E-state index in [-0.39, 0.29) is 26.2 Å². The van der Waals surface area contributed by atoms with Gasteiger partial charge in [0.2, 0.25) is 0 Å². The summed E-state index contributed by atoms with van der Waals surface area (Å²) in [6.07, 6.45) is 5.95. The molecule has 1 heteroatoms. The van der Waals surface area contributed by atoms with Crippen LogP contribution in [0.15, 0.2) is 146 Å². The predicted molar refractivity (Wildman–Crippen MR) is 135 cm³/mol. The Morgan fingerprint density at radius 2 is 1.09 bits per heavy atom. The number of allylic oxidation sites excluding steroid dienone is 1. The summed E-state index contributed by atoms with van der Waals surface area (Å²) in [6, 6.07) is 49.5. The summed E-state index contributed by atoms with van der Waals surface area (Å²) in [4.78, 5) is 0. The van der Waals surface area contributed by atoms with E-state index in [4.69, 9.17) is 0 Å². The van der Waals surface area contributed by atoms with Crippen LogP contribution in [0.25, 0.3) is 5.57 Å². The molecule has 0 fully saturated rings. The molecule has 0 amide bonds. The van der Waals surface area contributed by atoms with Crippen molar-refractivity contribution in [2.45, 2.75) is 5.92 Å². The second kappa shape index (κ2) is 13.4.